The minimum Gasteiger partial charge on any atom is -0.480 e. The lowest BCUT2D eigenvalue weighted by Gasteiger charge is -2.26. The number of aliphatic hydroxyl groups is 2. The predicted octanol–water partition coefficient (Wildman–Crippen LogP) is -1.18. The van der Waals surface area contributed by atoms with Crippen LogP contribution in [0, 0.1) is 11.3 Å². The van der Waals surface area contributed by atoms with Gasteiger partial charge in [0.15, 0.2) is 17.7 Å². The zero-order valence-electron chi connectivity index (χ0n) is 21.2. The molecule has 3 aromatic rings. The van der Waals surface area contributed by atoms with Gasteiger partial charge in [0.1, 0.15) is 36.2 Å². The summed E-state index contributed by atoms with van der Waals surface area (Å²) in [5.74, 6) is -1.71. The number of nitriles is 1. The Balaban J connectivity index is 1.50. The molecule has 0 aliphatic carbocycles. The molecule has 40 heavy (non-hydrogen) atoms. The van der Waals surface area contributed by atoms with Crippen LogP contribution in [0.2, 0.25) is 0 Å². The normalized spacial score (nSPS) is 21.7. The number of rotatable bonds is 11. The summed E-state index contributed by atoms with van der Waals surface area (Å²) in [6.45, 7) is 0.640. The Kier molecular flexibility index (Phi) is 8.67. The summed E-state index contributed by atoms with van der Waals surface area (Å²) in [5.41, 5.74) is 18.4. The Morgan fingerprint density at radius 1 is 1.25 bits per heavy atom. The molecule has 0 radical (unpaired) electrons. The average molecular weight is 552 g/mol. The molecular formula is C25H29N9O6. The summed E-state index contributed by atoms with van der Waals surface area (Å²) in [5, 5.41) is 39.9. The summed E-state index contributed by atoms with van der Waals surface area (Å²) in [6, 6.07) is 5.47. The van der Waals surface area contributed by atoms with Gasteiger partial charge in [-0.2, -0.15) is 5.26 Å². The van der Waals surface area contributed by atoms with Gasteiger partial charge in [0.2, 0.25) is 5.91 Å². The highest BCUT2D eigenvalue weighted by Gasteiger charge is 2.44. The Hall–Kier alpha value is -4.46. The van der Waals surface area contributed by atoms with Crippen LogP contribution in [0.25, 0.3) is 17.2 Å². The molecule has 0 unspecified atom stereocenters. The van der Waals surface area contributed by atoms with Gasteiger partial charge in [-0.25, -0.2) is 15.0 Å². The Morgan fingerprint density at radius 3 is 2.73 bits per heavy atom. The predicted molar refractivity (Wildman–Crippen MR) is 141 cm³/mol. The number of fused-ring (bicyclic) bond motifs is 1. The fourth-order valence-corrected chi connectivity index (χ4v) is 4.43. The van der Waals surface area contributed by atoms with Crippen LogP contribution in [0.1, 0.15) is 34.1 Å². The standard InChI is InChI=1S/C25H29N9O6/c26-9-14-4-3-13(8-15(14)22(29)37)2-1-6-33(7-5-16(27)25(38)39)10-17-19(35)20(36)24(40-17)34-12-32-18-21(28)30-11-31-23(18)34/h1-4,8,11-12,16-17,19-20,24,35-36H,5-7,10,27H2,(H2,29,37)(H,38,39)(H2,28,30,31)/b2-1+/t16-,17+,19+,20+,24+/m0/s1. The molecule has 4 rings (SSSR count). The second-order valence-corrected chi connectivity index (χ2v) is 9.31. The first-order valence-electron chi connectivity index (χ1n) is 12.3. The monoisotopic (exact) mass is 551 g/mol. The van der Waals surface area contributed by atoms with E-state index in [0.29, 0.717) is 16.7 Å². The number of aromatic nitrogens is 4. The third-order valence-corrected chi connectivity index (χ3v) is 6.61. The minimum absolute atomic E-state index is 0.0931. The van der Waals surface area contributed by atoms with Crippen molar-refractivity contribution in [2.75, 3.05) is 25.4 Å². The lowest BCUT2D eigenvalue weighted by atomic mass is 10.0. The average Bonchev–Trinajstić information content (AvgIpc) is 3.48. The maximum atomic E-state index is 11.7. The molecule has 0 spiro atoms. The van der Waals surface area contributed by atoms with Crippen molar-refractivity contribution in [3.05, 3.63) is 53.6 Å². The van der Waals surface area contributed by atoms with E-state index < -0.39 is 42.5 Å². The first-order chi connectivity index (χ1) is 19.1. The molecule has 1 amide bonds. The number of aliphatic carboxylic acids is 1. The molecule has 9 N–H and O–H groups in total. The van der Waals surface area contributed by atoms with Crippen LogP contribution in [0.4, 0.5) is 5.82 Å². The van der Waals surface area contributed by atoms with Crippen molar-refractivity contribution in [1.29, 1.82) is 5.26 Å². The molecule has 1 fully saturated rings. The number of primary amides is 1. The van der Waals surface area contributed by atoms with Crippen LogP contribution >= 0.6 is 0 Å². The maximum absolute atomic E-state index is 11.7. The summed E-state index contributed by atoms with van der Waals surface area (Å²) in [7, 11) is 0. The van der Waals surface area contributed by atoms with Gasteiger partial charge in [0, 0.05) is 19.6 Å². The molecule has 5 atom stereocenters. The quantitative estimate of drug-likeness (QED) is 0.164. The number of carbonyl (C=O) groups is 2. The second-order valence-electron chi connectivity index (χ2n) is 9.31. The number of aliphatic hydroxyl groups excluding tert-OH is 2. The lowest BCUT2D eigenvalue weighted by Crippen LogP contribution is -2.42. The van der Waals surface area contributed by atoms with E-state index in [4.69, 9.17) is 27.2 Å². The molecule has 1 aliphatic heterocycles. The summed E-state index contributed by atoms with van der Waals surface area (Å²) < 4.78 is 7.49. The maximum Gasteiger partial charge on any atom is 0.320 e. The van der Waals surface area contributed by atoms with Crippen LogP contribution in [-0.4, -0.2) is 95.6 Å². The number of benzene rings is 1. The van der Waals surface area contributed by atoms with Gasteiger partial charge in [0.25, 0.3) is 0 Å². The summed E-state index contributed by atoms with van der Waals surface area (Å²) in [4.78, 5) is 37.0. The molecule has 210 valence electrons. The molecular weight excluding hydrogens is 522 g/mol. The van der Waals surface area contributed by atoms with Crippen molar-refractivity contribution in [2.45, 2.75) is 37.0 Å². The largest absolute Gasteiger partial charge is 0.480 e. The van der Waals surface area contributed by atoms with Crippen molar-refractivity contribution in [3.8, 4) is 6.07 Å². The van der Waals surface area contributed by atoms with E-state index in [1.54, 1.807) is 18.2 Å². The van der Waals surface area contributed by atoms with Crippen LogP contribution in [0.15, 0.2) is 36.9 Å². The number of anilines is 1. The van der Waals surface area contributed by atoms with Gasteiger partial charge in [-0.15, -0.1) is 0 Å². The van der Waals surface area contributed by atoms with E-state index in [2.05, 4.69) is 15.0 Å². The zero-order chi connectivity index (χ0) is 29.0. The Morgan fingerprint density at radius 2 is 2.02 bits per heavy atom. The molecule has 0 bridgehead atoms. The molecule has 0 saturated carbocycles. The number of hydrogen-bond acceptors (Lipinski definition) is 12. The van der Waals surface area contributed by atoms with Crippen LogP contribution in [0.3, 0.4) is 0 Å². The summed E-state index contributed by atoms with van der Waals surface area (Å²) >= 11 is 0. The van der Waals surface area contributed by atoms with E-state index >= 15 is 0 Å². The topological polar surface area (TPSA) is 253 Å². The van der Waals surface area contributed by atoms with Gasteiger partial charge in [-0.05, 0) is 24.1 Å². The van der Waals surface area contributed by atoms with Gasteiger partial charge in [-0.3, -0.25) is 19.1 Å². The number of carboxylic acids is 1. The molecule has 1 saturated heterocycles. The number of nitrogens with zero attached hydrogens (tertiary/aromatic N) is 6. The van der Waals surface area contributed by atoms with Crippen molar-refractivity contribution < 1.29 is 29.6 Å². The van der Waals surface area contributed by atoms with Crippen molar-refractivity contribution in [3.63, 3.8) is 0 Å². The van der Waals surface area contributed by atoms with E-state index in [1.807, 2.05) is 11.0 Å². The van der Waals surface area contributed by atoms with E-state index in [9.17, 15) is 24.9 Å². The smallest absolute Gasteiger partial charge is 0.320 e. The number of nitrogens with two attached hydrogens (primary N) is 3. The third-order valence-electron chi connectivity index (χ3n) is 6.61. The highest BCUT2D eigenvalue weighted by Crippen LogP contribution is 2.32. The molecule has 3 heterocycles. The van der Waals surface area contributed by atoms with E-state index in [1.165, 1.54) is 29.4 Å². The van der Waals surface area contributed by atoms with Gasteiger partial charge in [-0.1, -0.05) is 18.2 Å². The first-order valence-corrected chi connectivity index (χ1v) is 12.3. The zero-order valence-corrected chi connectivity index (χ0v) is 21.2. The van der Waals surface area contributed by atoms with Crippen LogP contribution in [0.5, 0.6) is 0 Å². The molecule has 1 aromatic carbocycles. The van der Waals surface area contributed by atoms with Gasteiger partial charge in [0.05, 0.1) is 23.5 Å². The fourth-order valence-electron chi connectivity index (χ4n) is 4.43. The van der Waals surface area contributed by atoms with Gasteiger partial charge < -0.3 is 37.3 Å². The number of hydrogen-bond donors (Lipinski definition) is 6. The van der Waals surface area contributed by atoms with Crippen LogP contribution < -0.4 is 17.2 Å². The SMILES string of the molecule is N#Cc1ccc(/C=C/CN(CC[C@H](N)C(=O)O)C[C@H]2O[C@@H](n3cnc4c(N)ncnc43)[C@H](O)[C@@H]2O)cc1C(N)=O. The molecule has 15 nitrogen and oxygen atoms in total. The van der Waals surface area contributed by atoms with E-state index in [0.717, 1.165) is 0 Å². The highest BCUT2D eigenvalue weighted by atomic mass is 16.6. The highest BCUT2D eigenvalue weighted by molar-refractivity contribution is 5.96. The number of imidazole rings is 1. The van der Waals surface area contributed by atoms with Crippen molar-refractivity contribution in [2.24, 2.45) is 11.5 Å². The Bertz CT molecular complexity index is 1470. The molecule has 15 heteroatoms. The molecule has 2 aromatic heterocycles. The number of carbonyl (C=O) groups excluding carboxylic acids is 1. The molecule has 1 aliphatic rings. The van der Waals surface area contributed by atoms with Crippen LogP contribution in [-0.2, 0) is 9.53 Å². The Labute approximate surface area is 228 Å². The lowest BCUT2D eigenvalue weighted by molar-refractivity contribution is -0.138. The van der Waals surface area contributed by atoms with E-state index in [-0.39, 0.29) is 43.0 Å². The van der Waals surface area contributed by atoms with Crippen molar-refractivity contribution >= 4 is 34.9 Å². The van der Waals surface area contributed by atoms with Gasteiger partial charge >= 0.3 is 5.97 Å². The summed E-state index contributed by atoms with van der Waals surface area (Å²) in [6.07, 6.45) is 1.77. The third kappa shape index (κ3) is 6.06. The number of ether oxygens (including phenoxy) is 1. The minimum atomic E-state index is -1.32. The fraction of sp³-hybridized carbons (Fsp3) is 0.360. The number of amides is 1. The second kappa shape index (κ2) is 12.2. The van der Waals surface area contributed by atoms with Crippen molar-refractivity contribution in [1.82, 2.24) is 24.4 Å². The number of nitrogen functional groups attached to an aromatic ring is 1. The number of carboxylic acid groups (broad SMARTS) is 1. The first kappa shape index (κ1) is 28.5.